The van der Waals surface area contributed by atoms with Crippen LogP contribution in [0.5, 0.6) is 0 Å². The normalized spacial score (nSPS) is 33.0. The average molecular weight is 325 g/mol. The molecular weight excluding hydrogens is 290 g/mol. The van der Waals surface area contributed by atoms with E-state index in [4.69, 9.17) is 10.5 Å². The van der Waals surface area contributed by atoms with Crippen molar-refractivity contribution < 1.29 is 9.53 Å². The van der Waals surface area contributed by atoms with Gasteiger partial charge in [0.05, 0.1) is 12.5 Å². The summed E-state index contributed by atoms with van der Waals surface area (Å²) in [5.74, 6) is 0.293. The topological polar surface area (TPSA) is 58.8 Å². The Morgan fingerprint density at radius 3 is 2.74 bits per heavy atom. The second-order valence-electron chi connectivity index (χ2n) is 7.38. The quantitative estimate of drug-likeness (QED) is 0.757. The summed E-state index contributed by atoms with van der Waals surface area (Å²) >= 11 is 0. The fraction of sp³-hybridized carbons (Fsp3) is 0.944. The average Bonchev–Trinajstić information content (AvgIpc) is 2.54. The Hall–Kier alpha value is -0.650. The van der Waals surface area contributed by atoms with Gasteiger partial charge in [0.25, 0.3) is 0 Å². The van der Waals surface area contributed by atoms with E-state index >= 15 is 0 Å². The van der Waals surface area contributed by atoms with Gasteiger partial charge in [0.15, 0.2) is 0 Å². The van der Waals surface area contributed by atoms with Gasteiger partial charge in [0, 0.05) is 44.4 Å². The lowest BCUT2D eigenvalue weighted by Gasteiger charge is -2.45. The second-order valence-corrected chi connectivity index (χ2v) is 7.38. The van der Waals surface area contributed by atoms with E-state index < -0.39 is 0 Å². The number of carbonyl (C=O) groups is 1. The van der Waals surface area contributed by atoms with E-state index in [0.29, 0.717) is 6.04 Å². The van der Waals surface area contributed by atoms with E-state index in [-0.39, 0.29) is 17.4 Å². The molecule has 5 heteroatoms. The van der Waals surface area contributed by atoms with Gasteiger partial charge < -0.3 is 15.4 Å². The molecule has 3 atom stereocenters. The number of hydrogen-bond donors (Lipinski definition) is 1. The third kappa shape index (κ3) is 4.68. The van der Waals surface area contributed by atoms with Crippen LogP contribution in [0, 0.1) is 5.92 Å². The molecule has 23 heavy (non-hydrogen) atoms. The van der Waals surface area contributed by atoms with Crippen LogP contribution in [0.2, 0.25) is 0 Å². The van der Waals surface area contributed by atoms with Crippen LogP contribution in [-0.4, -0.2) is 66.7 Å². The fourth-order valence-electron chi connectivity index (χ4n) is 4.09. The van der Waals surface area contributed by atoms with Crippen molar-refractivity contribution in [2.45, 2.75) is 64.5 Å². The Balaban J connectivity index is 1.93. The van der Waals surface area contributed by atoms with Crippen molar-refractivity contribution >= 4 is 5.91 Å². The number of ether oxygens (including phenoxy) is 1. The summed E-state index contributed by atoms with van der Waals surface area (Å²) in [7, 11) is 0. The molecule has 1 heterocycles. The molecule has 2 aliphatic rings. The van der Waals surface area contributed by atoms with Gasteiger partial charge in [-0.2, -0.15) is 0 Å². The summed E-state index contributed by atoms with van der Waals surface area (Å²) in [6.07, 6.45) is 5.27. The maximum Gasteiger partial charge on any atom is 0.227 e. The largest absolute Gasteiger partial charge is 0.380 e. The van der Waals surface area contributed by atoms with Crippen LogP contribution in [0.15, 0.2) is 0 Å². The molecule has 0 spiro atoms. The molecule has 1 saturated heterocycles. The van der Waals surface area contributed by atoms with Crippen molar-refractivity contribution in [1.82, 2.24) is 9.80 Å². The molecule has 1 amide bonds. The zero-order chi connectivity index (χ0) is 16.9. The third-order valence-electron chi connectivity index (χ3n) is 5.67. The Kier molecular flexibility index (Phi) is 6.86. The molecule has 2 fully saturated rings. The Morgan fingerprint density at radius 1 is 1.30 bits per heavy atom. The summed E-state index contributed by atoms with van der Waals surface area (Å²) < 4.78 is 5.49. The lowest BCUT2D eigenvalue weighted by atomic mass is 9.74. The smallest absolute Gasteiger partial charge is 0.227 e. The van der Waals surface area contributed by atoms with Crippen LogP contribution < -0.4 is 5.73 Å². The van der Waals surface area contributed by atoms with Crippen LogP contribution >= 0.6 is 0 Å². The number of hydrogen-bond acceptors (Lipinski definition) is 4. The summed E-state index contributed by atoms with van der Waals surface area (Å²) in [6.45, 7) is 11.4. The summed E-state index contributed by atoms with van der Waals surface area (Å²) in [4.78, 5) is 17.6. The lowest BCUT2D eigenvalue weighted by Crippen LogP contribution is -2.60. The molecule has 1 aliphatic carbocycles. The number of piperazine rings is 1. The number of rotatable bonds is 6. The summed E-state index contributed by atoms with van der Waals surface area (Å²) in [6, 6.07) is 0.445. The Morgan fingerprint density at radius 2 is 2.09 bits per heavy atom. The first-order valence-electron chi connectivity index (χ1n) is 9.39. The molecule has 2 rings (SSSR count). The first-order valence-corrected chi connectivity index (χ1v) is 9.39. The standard InChI is InChI=1S/C18H35N3O2/c1-4-15-14-21(11-10-20(15)12-13-23-5-2)17(22)16-8-6-7-9-18(16,3)19/h15-16H,4-14,19H2,1-3H3. The molecule has 0 aromatic rings. The van der Waals surface area contributed by atoms with Crippen LogP contribution in [0.4, 0.5) is 0 Å². The number of carbonyl (C=O) groups excluding carboxylic acids is 1. The van der Waals surface area contributed by atoms with E-state index in [9.17, 15) is 4.79 Å². The molecule has 5 nitrogen and oxygen atoms in total. The van der Waals surface area contributed by atoms with Gasteiger partial charge in [-0.3, -0.25) is 9.69 Å². The van der Waals surface area contributed by atoms with Gasteiger partial charge in [-0.15, -0.1) is 0 Å². The predicted molar refractivity (Wildman–Crippen MR) is 93.3 cm³/mol. The van der Waals surface area contributed by atoms with E-state index in [1.165, 1.54) is 0 Å². The highest BCUT2D eigenvalue weighted by molar-refractivity contribution is 5.80. The number of nitrogens with zero attached hydrogens (tertiary/aromatic N) is 2. The molecule has 0 bridgehead atoms. The molecule has 0 radical (unpaired) electrons. The van der Waals surface area contributed by atoms with Crippen molar-refractivity contribution in [3.63, 3.8) is 0 Å². The van der Waals surface area contributed by atoms with E-state index in [1.807, 2.05) is 6.92 Å². The molecule has 134 valence electrons. The first-order chi connectivity index (χ1) is 11.0. The maximum atomic E-state index is 13.0. The molecule has 1 saturated carbocycles. The minimum atomic E-state index is -0.330. The SMILES string of the molecule is CCOCCN1CCN(C(=O)C2CCCCC2(C)N)CC1CC. The molecular formula is C18H35N3O2. The highest BCUT2D eigenvalue weighted by atomic mass is 16.5. The Labute approximate surface area is 141 Å². The van der Waals surface area contributed by atoms with E-state index in [0.717, 1.165) is 71.5 Å². The van der Waals surface area contributed by atoms with Crippen LogP contribution in [0.3, 0.4) is 0 Å². The zero-order valence-electron chi connectivity index (χ0n) is 15.2. The van der Waals surface area contributed by atoms with E-state index in [1.54, 1.807) is 0 Å². The predicted octanol–water partition coefficient (Wildman–Crippen LogP) is 1.85. The second kappa shape index (κ2) is 8.45. The Bertz CT molecular complexity index is 386. The van der Waals surface area contributed by atoms with Gasteiger partial charge in [-0.05, 0) is 33.1 Å². The molecule has 3 unspecified atom stereocenters. The zero-order valence-corrected chi connectivity index (χ0v) is 15.2. The monoisotopic (exact) mass is 325 g/mol. The van der Waals surface area contributed by atoms with Gasteiger partial charge in [-0.1, -0.05) is 19.8 Å². The van der Waals surface area contributed by atoms with Crippen molar-refractivity contribution in [2.24, 2.45) is 11.7 Å². The minimum absolute atomic E-state index is 0.00345. The molecule has 0 aromatic heterocycles. The van der Waals surface area contributed by atoms with Crippen LogP contribution in [0.25, 0.3) is 0 Å². The number of nitrogens with two attached hydrogens (primary N) is 1. The minimum Gasteiger partial charge on any atom is -0.380 e. The molecule has 1 aliphatic heterocycles. The van der Waals surface area contributed by atoms with Crippen molar-refractivity contribution in [3.8, 4) is 0 Å². The first kappa shape index (κ1) is 18.7. The highest BCUT2D eigenvalue weighted by Gasteiger charge is 2.41. The van der Waals surface area contributed by atoms with Gasteiger partial charge in [0.1, 0.15) is 0 Å². The molecule has 2 N–H and O–H groups in total. The lowest BCUT2D eigenvalue weighted by molar-refractivity contribution is -0.142. The third-order valence-corrected chi connectivity index (χ3v) is 5.67. The maximum absolute atomic E-state index is 13.0. The van der Waals surface area contributed by atoms with Gasteiger partial charge >= 0.3 is 0 Å². The molecule has 0 aromatic carbocycles. The van der Waals surface area contributed by atoms with Crippen molar-refractivity contribution in [2.75, 3.05) is 39.4 Å². The van der Waals surface area contributed by atoms with Crippen LogP contribution in [-0.2, 0) is 9.53 Å². The number of amides is 1. The fourth-order valence-corrected chi connectivity index (χ4v) is 4.09. The van der Waals surface area contributed by atoms with E-state index in [2.05, 4.69) is 23.6 Å². The van der Waals surface area contributed by atoms with Gasteiger partial charge in [-0.25, -0.2) is 0 Å². The summed E-state index contributed by atoms with van der Waals surface area (Å²) in [5.41, 5.74) is 6.10. The van der Waals surface area contributed by atoms with Crippen molar-refractivity contribution in [1.29, 1.82) is 0 Å². The van der Waals surface area contributed by atoms with Crippen molar-refractivity contribution in [3.05, 3.63) is 0 Å². The highest BCUT2D eigenvalue weighted by Crippen LogP contribution is 2.33. The van der Waals surface area contributed by atoms with Gasteiger partial charge in [0.2, 0.25) is 5.91 Å². The van der Waals surface area contributed by atoms with Crippen LogP contribution in [0.1, 0.15) is 52.9 Å². The summed E-state index contributed by atoms with van der Waals surface area (Å²) in [5, 5.41) is 0.